The van der Waals surface area contributed by atoms with Crippen molar-refractivity contribution in [3.05, 3.63) is 60.9 Å². The molecule has 33 heavy (non-hydrogen) atoms. The first-order valence-corrected chi connectivity index (χ1v) is 10.4. The summed E-state index contributed by atoms with van der Waals surface area (Å²) in [5.41, 5.74) is 0.790. The summed E-state index contributed by atoms with van der Waals surface area (Å²) in [6.45, 7) is 0. The number of aromatic hydroxyl groups is 1. The largest absolute Gasteiger partial charge is 0.508 e. The van der Waals surface area contributed by atoms with Gasteiger partial charge in [0.05, 0.1) is 4.90 Å². The maximum absolute atomic E-state index is 12.5. The third-order valence-electron chi connectivity index (χ3n) is 3.97. The highest BCUT2D eigenvalue weighted by atomic mass is 32.2. The van der Waals surface area contributed by atoms with Crippen molar-refractivity contribution in [3.8, 4) is 5.75 Å². The second-order valence-electron chi connectivity index (χ2n) is 6.41. The second kappa shape index (κ2) is 9.30. The van der Waals surface area contributed by atoms with Crippen LogP contribution in [-0.2, 0) is 19.7 Å². The van der Waals surface area contributed by atoms with E-state index in [1.165, 1.54) is 36.7 Å². The fourth-order valence-electron chi connectivity index (χ4n) is 2.47. The van der Waals surface area contributed by atoms with Crippen molar-refractivity contribution in [2.45, 2.75) is 11.1 Å². The maximum Gasteiger partial charge on any atom is 0.492 e. The lowest BCUT2D eigenvalue weighted by Crippen LogP contribution is -2.36. The smallest absolute Gasteiger partial charge is 0.492 e. The maximum atomic E-state index is 12.5. The Morgan fingerprint density at radius 3 is 2.15 bits per heavy atom. The molecule has 3 rings (SSSR count). The number of rotatable bonds is 7. The highest BCUT2D eigenvalue weighted by Gasteiger charge is 2.43. The molecule has 0 aliphatic rings. The molecule has 0 saturated heterocycles. The fourth-order valence-corrected chi connectivity index (χ4v) is 3.46. The number of hydroxylamine groups is 1. The number of hydrogen-bond donors (Lipinski definition) is 3. The molecule has 0 bridgehead atoms. The molecule has 14 heteroatoms. The fraction of sp³-hybridized carbons (Fsp3) is 0.105. The number of halogens is 3. The average molecular weight is 483 g/mol. The van der Waals surface area contributed by atoms with Crippen LogP contribution < -0.4 is 10.6 Å². The van der Waals surface area contributed by atoms with Gasteiger partial charge in [-0.25, -0.2) is 23.2 Å². The number of benzene rings is 2. The van der Waals surface area contributed by atoms with Crippen LogP contribution in [0.25, 0.3) is 0 Å². The van der Waals surface area contributed by atoms with Crippen LogP contribution in [0.4, 0.5) is 36.2 Å². The van der Waals surface area contributed by atoms with Crippen LogP contribution in [0, 0.1) is 0 Å². The molecule has 2 aromatic carbocycles. The number of aromatic nitrogens is 2. The highest BCUT2D eigenvalue weighted by Crippen LogP contribution is 2.25. The summed E-state index contributed by atoms with van der Waals surface area (Å²) in [4.78, 5) is 22.5. The van der Waals surface area contributed by atoms with Gasteiger partial charge in [0.15, 0.2) is 0 Å². The van der Waals surface area contributed by atoms with E-state index < -0.39 is 27.1 Å². The predicted octanol–water partition coefficient (Wildman–Crippen LogP) is 3.31. The summed E-state index contributed by atoms with van der Waals surface area (Å²) in [6.07, 6.45) is -4.12. The Hall–Kier alpha value is -3.91. The summed E-state index contributed by atoms with van der Waals surface area (Å²) in [7, 11) is -3.91. The van der Waals surface area contributed by atoms with Crippen LogP contribution in [-0.4, -0.2) is 47.2 Å². The zero-order chi connectivity index (χ0) is 24.2. The Bertz CT molecular complexity index is 1270. The van der Waals surface area contributed by atoms with Gasteiger partial charge in [-0.1, -0.05) is 12.1 Å². The van der Waals surface area contributed by atoms with E-state index in [0.717, 1.165) is 12.1 Å². The van der Waals surface area contributed by atoms with E-state index in [1.54, 1.807) is 12.1 Å². The molecule has 3 N–H and O–H groups in total. The number of carbonyl (C=O) groups excluding carboxylic acids is 1. The van der Waals surface area contributed by atoms with E-state index in [9.17, 15) is 31.5 Å². The lowest BCUT2D eigenvalue weighted by molar-refractivity contribution is -0.219. The van der Waals surface area contributed by atoms with E-state index in [0.29, 0.717) is 18.6 Å². The van der Waals surface area contributed by atoms with Crippen molar-refractivity contribution in [2.75, 3.05) is 17.7 Å². The normalized spacial score (nSPS) is 11.8. The summed E-state index contributed by atoms with van der Waals surface area (Å²) >= 11 is 0. The summed E-state index contributed by atoms with van der Waals surface area (Å²) in [5, 5.41) is 15.3. The zero-order valence-corrected chi connectivity index (χ0v) is 17.6. The number of sulfonamides is 1. The van der Waals surface area contributed by atoms with Crippen LogP contribution in [0.1, 0.15) is 0 Å². The molecule has 0 spiro atoms. The van der Waals surface area contributed by atoms with Crippen LogP contribution in [0.2, 0.25) is 0 Å². The molecule has 3 aromatic rings. The van der Waals surface area contributed by atoms with Crippen molar-refractivity contribution < 1.29 is 36.3 Å². The van der Waals surface area contributed by atoms with Gasteiger partial charge >= 0.3 is 12.1 Å². The molecule has 10 nitrogen and oxygen atoms in total. The predicted molar refractivity (Wildman–Crippen MR) is 110 cm³/mol. The zero-order valence-electron chi connectivity index (χ0n) is 16.7. The number of hydrogen-bond acceptors (Lipinski definition) is 9. The summed E-state index contributed by atoms with van der Waals surface area (Å²) < 4.78 is 61.9. The Labute approximate surface area is 185 Å². The first-order chi connectivity index (χ1) is 15.4. The minimum absolute atomic E-state index is 0.0521. The molecule has 0 saturated carbocycles. The lowest BCUT2D eigenvalue weighted by atomic mass is 10.3. The quantitative estimate of drug-likeness (QED) is 0.433. The van der Waals surface area contributed by atoms with E-state index in [-0.39, 0.29) is 21.7 Å². The van der Waals surface area contributed by atoms with E-state index in [2.05, 4.69) is 25.4 Å². The SMILES string of the molecule is CN(OC(=O)C(F)(F)F)S(=O)(=O)c1cccc(Nc2cc(Nc3cccc(O)c3)ncn2)c1. The molecule has 0 unspecified atom stereocenters. The number of alkyl halides is 3. The van der Waals surface area contributed by atoms with Crippen LogP contribution in [0.5, 0.6) is 5.75 Å². The molecule has 0 atom stereocenters. The Kier molecular flexibility index (Phi) is 6.69. The second-order valence-corrected chi connectivity index (χ2v) is 8.34. The Balaban J connectivity index is 1.77. The van der Waals surface area contributed by atoms with E-state index in [4.69, 9.17) is 0 Å². The third kappa shape index (κ3) is 6.08. The van der Waals surface area contributed by atoms with Gasteiger partial charge in [0.1, 0.15) is 23.7 Å². The molecule has 0 fully saturated rings. The Morgan fingerprint density at radius 2 is 1.58 bits per heavy atom. The van der Waals surface area contributed by atoms with Crippen molar-refractivity contribution >= 4 is 39.0 Å². The monoisotopic (exact) mass is 483 g/mol. The third-order valence-corrected chi connectivity index (χ3v) is 5.57. The molecule has 0 aliphatic heterocycles. The first kappa shape index (κ1) is 23.7. The molecule has 1 aromatic heterocycles. The standard InChI is InChI=1S/C19H16F3N5O5S/c1-27(32-18(29)19(20,21)22)33(30,31)15-7-3-5-13(9-15)26-17-10-16(23-11-24-17)25-12-4-2-6-14(28)8-12/h2-11,28H,1H3,(H2,23,24,25,26). The number of nitrogens with zero attached hydrogens (tertiary/aromatic N) is 3. The van der Waals surface area contributed by atoms with Gasteiger partial charge < -0.3 is 20.6 Å². The van der Waals surface area contributed by atoms with E-state index in [1.807, 2.05) is 0 Å². The number of phenols is 1. The summed E-state index contributed by atoms with van der Waals surface area (Å²) in [6, 6.07) is 12.9. The molecular formula is C19H16F3N5O5S. The van der Waals surface area contributed by atoms with Gasteiger partial charge in [-0.05, 0) is 34.8 Å². The van der Waals surface area contributed by atoms with Crippen LogP contribution in [0.15, 0.2) is 65.8 Å². The lowest BCUT2D eigenvalue weighted by Gasteiger charge is -2.17. The van der Waals surface area contributed by atoms with Crippen molar-refractivity contribution in [1.82, 2.24) is 14.4 Å². The van der Waals surface area contributed by atoms with Crippen LogP contribution >= 0.6 is 0 Å². The first-order valence-electron chi connectivity index (χ1n) is 8.98. The van der Waals surface area contributed by atoms with Gasteiger partial charge in [-0.15, -0.1) is 0 Å². The minimum Gasteiger partial charge on any atom is -0.508 e. The summed E-state index contributed by atoms with van der Waals surface area (Å²) in [5.74, 6) is -1.99. The van der Waals surface area contributed by atoms with Crippen molar-refractivity contribution in [2.24, 2.45) is 0 Å². The molecular weight excluding hydrogens is 467 g/mol. The minimum atomic E-state index is -5.36. The molecule has 174 valence electrons. The van der Waals surface area contributed by atoms with Gasteiger partial charge in [0, 0.05) is 30.6 Å². The van der Waals surface area contributed by atoms with Gasteiger partial charge in [0.25, 0.3) is 10.0 Å². The van der Waals surface area contributed by atoms with Crippen LogP contribution in [0.3, 0.4) is 0 Å². The topological polar surface area (TPSA) is 134 Å². The van der Waals surface area contributed by atoms with Gasteiger partial charge in [-0.2, -0.15) is 13.2 Å². The number of nitrogens with one attached hydrogen (secondary N) is 2. The van der Waals surface area contributed by atoms with Crippen molar-refractivity contribution in [1.29, 1.82) is 0 Å². The number of phenolic OH excluding ortho intramolecular Hbond substituents is 1. The van der Waals surface area contributed by atoms with Crippen molar-refractivity contribution in [3.63, 3.8) is 0 Å². The Morgan fingerprint density at radius 1 is 1.00 bits per heavy atom. The number of anilines is 4. The number of carbonyl (C=O) groups is 1. The molecule has 0 radical (unpaired) electrons. The van der Waals surface area contributed by atoms with Gasteiger partial charge in [-0.3, -0.25) is 0 Å². The average Bonchev–Trinajstić information content (AvgIpc) is 2.73. The van der Waals surface area contributed by atoms with E-state index >= 15 is 0 Å². The molecule has 1 heterocycles. The molecule has 0 aliphatic carbocycles. The molecule has 0 amide bonds. The highest BCUT2D eigenvalue weighted by molar-refractivity contribution is 7.89. The van der Waals surface area contributed by atoms with Gasteiger partial charge in [0.2, 0.25) is 0 Å².